The summed E-state index contributed by atoms with van der Waals surface area (Å²) in [6, 6.07) is 0.373. The van der Waals surface area contributed by atoms with Crippen molar-refractivity contribution in [2.75, 3.05) is 33.2 Å². The third-order valence-electron chi connectivity index (χ3n) is 3.83. The van der Waals surface area contributed by atoms with Crippen molar-refractivity contribution in [3.05, 3.63) is 12.2 Å². The van der Waals surface area contributed by atoms with Gasteiger partial charge in [-0.2, -0.15) is 5.10 Å². The van der Waals surface area contributed by atoms with Crippen LogP contribution >= 0.6 is 0 Å². The number of rotatable bonds is 5. The molecule has 5 heteroatoms. The number of hydrogen-bond acceptors (Lipinski definition) is 4. The molecule has 0 unspecified atom stereocenters. The number of hydrogen-bond donors (Lipinski definition) is 0. The summed E-state index contributed by atoms with van der Waals surface area (Å²) in [5.74, 6) is 1.12. The van der Waals surface area contributed by atoms with E-state index in [0.29, 0.717) is 6.04 Å². The van der Waals surface area contributed by atoms with E-state index in [4.69, 9.17) is 0 Å². The predicted octanol–water partition coefficient (Wildman–Crippen LogP) is 1.39. The summed E-state index contributed by atoms with van der Waals surface area (Å²) >= 11 is 0. The number of piperazine rings is 1. The number of likely N-dealkylation sites (N-methyl/N-ethyl adjacent to an activating group) is 1. The Bertz CT molecular complexity index is 354. The third-order valence-corrected chi connectivity index (χ3v) is 3.83. The van der Waals surface area contributed by atoms with Crippen LogP contribution in [-0.4, -0.2) is 57.8 Å². The van der Waals surface area contributed by atoms with Crippen LogP contribution in [0.3, 0.4) is 0 Å². The van der Waals surface area contributed by atoms with Gasteiger partial charge in [-0.1, -0.05) is 13.3 Å². The van der Waals surface area contributed by atoms with Gasteiger partial charge in [-0.15, -0.1) is 0 Å². The van der Waals surface area contributed by atoms with Gasteiger partial charge < -0.3 is 4.90 Å². The van der Waals surface area contributed by atoms with Crippen LogP contribution in [0.1, 0.15) is 38.6 Å². The molecule has 1 aromatic rings. The van der Waals surface area contributed by atoms with E-state index in [1.54, 1.807) is 6.33 Å². The normalized spacial score (nSPS) is 20.2. The lowest BCUT2D eigenvalue weighted by molar-refractivity contribution is 0.113. The van der Waals surface area contributed by atoms with E-state index in [1.807, 2.05) is 0 Å². The molecule has 1 aliphatic heterocycles. The molecular weight excluding hydrogens is 226 g/mol. The zero-order chi connectivity index (χ0) is 13.0. The van der Waals surface area contributed by atoms with Gasteiger partial charge in [-0.25, -0.2) is 9.67 Å². The second kappa shape index (κ2) is 6.29. The fourth-order valence-electron chi connectivity index (χ4n) is 2.45. The van der Waals surface area contributed by atoms with E-state index in [9.17, 15) is 0 Å². The third kappa shape index (κ3) is 3.09. The van der Waals surface area contributed by atoms with Crippen LogP contribution in [0.4, 0.5) is 0 Å². The van der Waals surface area contributed by atoms with Gasteiger partial charge in [0.15, 0.2) is 0 Å². The number of unbranched alkanes of at least 4 members (excludes halogenated alkanes) is 1. The molecule has 0 aromatic carbocycles. The van der Waals surface area contributed by atoms with Crippen LogP contribution in [0.2, 0.25) is 0 Å². The largest absolute Gasteiger partial charge is 0.304 e. The van der Waals surface area contributed by atoms with Crippen LogP contribution in [-0.2, 0) is 6.54 Å². The van der Waals surface area contributed by atoms with E-state index in [-0.39, 0.29) is 0 Å². The maximum Gasteiger partial charge on any atom is 0.143 e. The van der Waals surface area contributed by atoms with Gasteiger partial charge in [0.05, 0.1) is 6.04 Å². The molecule has 1 fully saturated rings. The minimum atomic E-state index is 0.373. The van der Waals surface area contributed by atoms with Gasteiger partial charge in [0.1, 0.15) is 12.2 Å². The van der Waals surface area contributed by atoms with E-state index in [0.717, 1.165) is 38.5 Å². The van der Waals surface area contributed by atoms with Gasteiger partial charge in [-0.05, 0) is 20.4 Å². The summed E-state index contributed by atoms with van der Waals surface area (Å²) < 4.78 is 2.08. The summed E-state index contributed by atoms with van der Waals surface area (Å²) in [4.78, 5) is 9.35. The Kier molecular flexibility index (Phi) is 4.72. The van der Waals surface area contributed by atoms with Crippen LogP contribution in [0.5, 0.6) is 0 Å². The maximum absolute atomic E-state index is 4.46. The fourth-order valence-corrected chi connectivity index (χ4v) is 2.45. The summed E-state index contributed by atoms with van der Waals surface area (Å²) in [5, 5.41) is 4.35. The first-order valence-corrected chi connectivity index (χ1v) is 7.02. The highest BCUT2D eigenvalue weighted by Gasteiger charge is 2.23. The van der Waals surface area contributed by atoms with Crippen molar-refractivity contribution in [2.24, 2.45) is 0 Å². The van der Waals surface area contributed by atoms with E-state index >= 15 is 0 Å². The molecule has 1 atom stereocenters. The average molecular weight is 251 g/mol. The Morgan fingerprint density at radius 3 is 2.67 bits per heavy atom. The Morgan fingerprint density at radius 1 is 1.28 bits per heavy atom. The Labute approximate surface area is 110 Å². The van der Waals surface area contributed by atoms with Crippen molar-refractivity contribution in [1.29, 1.82) is 0 Å². The highest BCUT2D eigenvalue weighted by Crippen LogP contribution is 2.19. The molecule has 0 bridgehead atoms. The molecule has 102 valence electrons. The summed E-state index contributed by atoms with van der Waals surface area (Å²) in [6.45, 7) is 9.99. The lowest BCUT2D eigenvalue weighted by atomic mass is 10.2. The molecule has 0 aliphatic carbocycles. The van der Waals surface area contributed by atoms with E-state index in [2.05, 4.69) is 45.5 Å². The number of nitrogens with zero attached hydrogens (tertiary/aromatic N) is 5. The Morgan fingerprint density at radius 2 is 2.00 bits per heavy atom. The standard InChI is InChI=1S/C13H25N5/c1-4-5-6-18-13(14-11-15-18)12(2)17-9-7-16(3)8-10-17/h11-12H,4-10H2,1-3H3/t12-/m1/s1. The molecule has 0 radical (unpaired) electrons. The quantitative estimate of drug-likeness (QED) is 0.792. The molecule has 0 saturated carbocycles. The van der Waals surface area contributed by atoms with Gasteiger partial charge in [0.25, 0.3) is 0 Å². The summed E-state index contributed by atoms with van der Waals surface area (Å²) in [6.07, 6.45) is 4.06. The molecule has 1 aliphatic rings. The van der Waals surface area contributed by atoms with Gasteiger partial charge >= 0.3 is 0 Å². The second-order valence-corrected chi connectivity index (χ2v) is 5.21. The molecular formula is C13H25N5. The summed E-state index contributed by atoms with van der Waals surface area (Å²) in [7, 11) is 2.19. The van der Waals surface area contributed by atoms with Crippen LogP contribution < -0.4 is 0 Å². The van der Waals surface area contributed by atoms with Crippen molar-refractivity contribution >= 4 is 0 Å². The van der Waals surface area contributed by atoms with Crippen LogP contribution in [0.25, 0.3) is 0 Å². The van der Waals surface area contributed by atoms with Crippen molar-refractivity contribution in [3.8, 4) is 0 Å². The van der Waals surface area contributed by atoms with Gasteiger partial charge in [-0.3, -0.25) is 4.90 Å². The Hall–Kier alpha value is -0.940. The number of aromatic nitrogens is 3. The van der Waals surface area contributed by atoms with Gasteiger partial charge in [0.2, 0.25) is 0 Å². The minimum Gasteiger partial charge on any atom is -0.304 e. The molecule has 1 aromatic heterocycles. The average Bonchev–Trinajstić information content (AvgIpc) is 2.84. The first kappa shape index (κ1) is 13.5. The van der Waals surface area contributed by atoms with Crippen molar-refractivity contribution < 1.29 is 0 Å². The van der Waals surface area contributed by atoms with Crippen molar-refractivity contribution in [2.45, 2.75) is 39.3 Å². The van der Waals surface area contributed by atoms with Crippen molar-refractivity contribution in [1.82, 2.24) is 24.6 Å². The molecule has 1 saturated heterocycles. The zero-order valence-corrected chi connectivity index (χ0v) is 11.8. The monoisotopic (exact) mass is 251 g/mol. The number of aryl methyl sites for hydroxylation is 1. The topological polar surface area (TPSA) is 37.2 Å². The molecule has 0 N–H and O–H groups in total. The van der Waals surface area contributed by atoms with Crippen molar-refractivity contribution in [3.63, 3.8) is 0 Å². The van der Waals surface area contributed by atoms with Crippen LogP contribution in [0.15, 0.2) is 6.33 Å². The first-order valence-electron chi connectivity index (χ1n) is 7.02. The SMILES string of the molecule is CCCCn1ncnc1[C@@H](C)N1CCN(C)CC1. The fraction of sp³-hybridized carbons (Fsp3) is 0.846. The lowest BCUT2D eigenvalue weighted by Crippen LogP contribution is -2.45. The van der Waals surface area contributed by atoms with Gasteiger partial charge in [0, 0.05) is 32.7 Å². The predicted molar refractivity (Wildman–Crippen MR) is 72.4 cm³/mol. The zero-order valence-electron chi connectivity index (χ0n) is 11.8. The van der Waals surface area contributed by atoms with Crippen LogP contribution in [0, 0.1) is 0 Å². The second-order valence-electron chi connectivity index (χ2n) is 5.21. The highest BCUT2D eigenvalue weighted by atomic mass is 15.4. The molecule has 2 heterocycles. The minimum absolute atomic E-state index is 0.373. The smallest absolute Gasteiger partial charge is 0.143 e. The molecule has 18 heavy (non-hydrogen) atoms. The Balaban J connectivity index is 1.99. The maximum atomic E-state index is 4.46. The molecule has 0 spiro atoms. The molecule has 2 rings (SSSR count). The molecule has 5 nitrogen and oxygen atoms in total. The van der Waals surface area contributed by atoms with E-state index < -0.39 is 0 Å². The first-order chi connectivity index (χ1) is 8.72. The lowest BCUT2D eigenvalue weighted by Gasteiger charge is -2.36. The van der Waals surface area contributed by atoms with E-state index in [1.165, 1.54) is 12.8 Å². The summed E-state index contributed by atoms with van der Waals surface area (Å²) in [5.41, 5.74) is 0. The molecule has 0 amide bonds. The highest BCUT2D eigenvalue weighted by molar-refractivity contribution is 4.94.